The van der Waals surface area contributed by atoms with Gasteiger partial charge in [-0.3, -0.25) is 0 Å². The topological polar surface area (TPSA) is 74.5 Å². The smallest absolute Gasteiger partial charge is 0.351 e. The number of carbonyl (C=O) groups excluding carboxylic acids is 1. The molecule has 0 aromatic rings. The average molecular weight is 338 g/mol. The number of nitrogens with zero attached hydrogens (tertiary/aromatic N) is 2. The number of ether oxygens (including phenoxy) is 1. The van der Waals surface area contributed by atoms with Crippen LogP contribution in [0.5, 0.6) is 0 Å². The van der Waals surface area contributed by atoms with Gasteiger partial charge in [0.05, 0.1) is 23.1 Å². The van der Waals surface area contributed by atoms with Gasteiger partial charge in [-0.2, -0.15) is 5.26 Å². The van der Waals surface area contributed by atoms with E-state index in [4.69, 9.17) is 10.00 Å². The fraction of sp³-hybridized carbons (Fsp3) is 0.500. The van der Waals surface area contributed by atoms with E-state index in [9.17, 15) is 4.79 Å². The summed E-state index contributed by atoms with van der Waals surface area (Å²) in [5.41, 5.74) is 0.367. The maximum atomic E-state index is 12.0. The van der Waals surface area contributed by atoms with E-state index in [0.29, 0.717) is 22.7 Å². The average Bonchev–Trinajstić information content (AvgIpc) is 2.49. The van der Waals surface area contributed by atoms with Crippen LogP contribution in [-0.4, -0.2) is 18.9 Å². The third-order valence-corrected chi connectivity index (χ3v) is 4.05. The molecule has 106 valence electrons. The third kappa shape index (κ3) is 3.70. The van der Waals surface area contributed by atoms with Gasteiger partial charge >= 0.3 is 5.97 Å². The van der Waals surface area contributed by atoms with Crippen LogP contribution in [0.3, 0.4) is 0 Å². The molecule has 1 aliphatic carbocycles. The summed E-state index contributed by atoms with van der Waals surface area (Å²) < 4.78 is 5.85. The van der Waals surface area contributed by atoms with Crippen molar-refractivity contribution in [3.63, 3.8) is 0 Å². The first-order chi connectivity index (χ1) is 9.72. The van der Waals surface area contributed by atoms with Gasteiger partial charge in [0.1, 0.15) is 6.07 Å². The van der Waals surface area contributed by atoms with Crippen molar-refractivity contribution >= 4 is 28.2 Å². The van der Waals surface area contributed by atoms with E-state index in [0.717, 1.165) is 12.8 Å². The highest BCUT2D eigenvalue weighted by Gasteiger charge is 2.22. The van der Waals surface area contributed by atoms with Crippen molar-refractivity contribution < 1.29 is 9.53 Å². The summed E-state index contributed by atoms with van der Waals surface area (Å²) in [7, 11) is 0. The van der Waals surface area contributed by atoms with Crippen LogP contribution in [0.4, 0.5) is 0 Å². The van der Waals surface area contributed by atoms with E-state index < -0.39 is 5.97 Å². The zero-order chi connectivity index (χ0) is 14.4. The Morgan fingerprint density at radius 3 is 2.90 bits per heavy atom. The molecule has 0 aromatic carbocycles. The molecule has 2 rings (SSSR count). The molecule has 5 nitrogen and oxygen atoms in total. The van der Waals surface area contributed by atoms with Crippen LogP contribution in [-0.2, 0) is 9.53 Å². The Balaban J connectivity index is 1.99. The lowest BCUT2D eigenvalue weighted by Gasteiger charge is -2.21. The number of hydrogen-bond acceptors (Lipinski definition) is 5. The van der Waals surface area contributed by atoms with Crippen LogP contribution >= 0.6 is 15.9 Å². The van der Waals surface area contributed by atoms with E-state index in [1.54, 1.807) is 0 Å². The van der Waals surface area contributed by atoms with Crippen LogP contribution in [0.2, 0.25) is 0 Å². The summed E-state index contributed by atoms with van der Waals surface area (Å²) in [5, 5.41) is 12.0. The highest BCUT2D eigenvalue weighted by Crippen LogP contribution is 2.25. The molecule has 0 atom stereocenters. The maximum absolute atomic E-state index is 12.0. The zero-order valence-electron chi connectivity index (χ0n) is 11.1. The minimum Gasteiger partial charge on any atom is -0.461 e. The van der Waals surface area contributed by atoms with E-state index >= 15 is 0 Å². The molecule has 0 amide bonds. The predicted molar refractivity (Wildman–Crippen MR) is 78.8 cm³/mol. The van der Waals surface area contributed by atoms with E-state index in [2.05, 4.69) is 26.2 Å². The summed E-state index contributed by atoms with van der Waals surface area (Å²) >= 11 is 3.26. The summed E-state index contributed by atoms with van der Waals surface area (Å²) in [5.74, 6) is -0.154. The minimum atomic E-state index is -0.582. The lowest BCUT2D eigenvalue weighted by Crippen LogP contribution is -2.22. The monoisotopic (exact) mass is 337 g/mol. The summed E-state index contributed by atoms with van der Waals surface area (Å²) in [6, 6.07) is 1.90. The molecule has 1 aliphatic heterocycles. The first-order valence-electron chi connectivity index (χ1n) is 6.68. The van der Waals surface area contributed by atoms with Crippen molar-refractivity contribution in [3.05, 3.63) is 22.0 Å². The Bertz CT molecular complexity index is 511. The first kappa shape index (κ1) is 14.8. The molecule has 2 aliphatic rings. The van der Waals surface area contributed by atoms with Gasteiger partial charge in [-0.15, -0.1) is 0 Å². The first-order valence-corrected chi connectivity index (χ1v) is 7.47. The lowest BCUT2D eigenvalue weighted by molar-refractivity contribution is -0.140. The third-order valence-electron chi connectivity index (χ3n) is 3.45. The Morgan fingerprint density at radius 2 is 2.25 bits per heavy atom. The SMILES string of the molecule is N#C/C(C(=O)OCC1CCCCC1)=C1/NC=NC=C1Br. The molecule has 6 heteroatoms. The Hall–Kier alpha value is -1.61. The summed E-state index contributed by atoms with van der Waals surface area (Å²) in [6.07, 6.45) is 8.80. The van der Waals surface area contributed by atoms with Crippen molar-refractivity contribution in [1.29, 1.82) is 5.26 Å². The van der Waals surface area contributed by atoms with Gasteiger partial charge in [0.25, 0.3) is 0 Å². The Morgan fingerprint density at radius 1 is 1.50 bits per heavy atom. The number of halogens is 1. The number of nitriles is 1. The van der Waals surface area contributed by atoms with Crippen molar-refractivity contribution in [1.82, 2.24) is 5.32 Å². The number of nitrogens with one attached hydrogen (secondary N) is 1. The Kier molecular flexibility index (Phi) is 5.36. The van der Waals surface area contributed by atoms with Crippen LogP contribution in [0, 0.1) is 17.2 Å². The van der Waals surface area contributed by atoms with Crippen LogP contribution in [0.25, 0.3) is 0 Å². The molecule has 1 N–H and O–H groups in total. The largest absolute Gasteiger partial charge is 0.461 e. The Labute approximate surface area is 126 Å². The molecule has 0 bridgehead atoms. The molecule has 0 unspecified atom stereocenters. The van der Waals surface area contributed by atoms with Gasteiger partial charge in [-0.25, -0.2) is 9.79 Å². The molecular formula is C14H16BrN3O2. The van der Waals surface area contributed by atoms with Gasteiger partial charge in [-0.1, -0.05) is 19.3 Å². The molecular weight excluding hydrogens is 322 g/mol. The van der Waals surface area contributed by atoms with Crippen molar-refractivity contribution in [2.75, 3.05) is 6.61 Å². The number of hydrogen-bond donors (Lipinski definition) is 1. The quantitative estimate of drug-likeness (QED) is 0.488. The summed E-state index contributed by atoms with van der Waals surface area (Å²) in [6.45, 7) is 0.396. The van der Waals surface area contributed by atoms with Crippen LogP contribution < -0.4 is 5.32 Å². The molecule has 1 fully saturated rings. The molecule has 0 saturated heterocycles. The highest BCUT2D eigenvalue weighted by molar-refractivity contribution is 9.12. The van der Waals surface area contributed by atoms with Gasteiger partial charge in [0, 0.05) is 6.20 Å². The zero-order valence-corrected chi connectivity index (χ0v) is 12.6. The van der Waals surface area contributed by atoms with Gasteiger partial charge in [0.2, 0.25) is 0 Å². The molecule has 20 heavy (non-hydrogen) atoms. The van der Waals surface area contributed by atoms with E-state index in [1.807, 2.05) is 6.07 Å². The van der Waals surface area contributed by atoms with Gasteiger partial charge in [-0.05, 0) is 34.7 Å². The number of aliphatic imine (C=N–C) groups is 1. The maximum Gasteiger partial charge on any atom is 0.351 e. The predicted octanol–water partition coefficient (Wildman–Crippen LogP) is 2.76. The van der Waals surface area contributed by atoms with Crippen LogP contribution in [0.15, 0.2) is 26.9 Å². The second kappa shape index (κ2) is 7.25. The fourth-order valence-corrected chi connectivity index (χ4v) is 2.78. The normalized spacial score (nSPS) is 21.5. The van der Waals surface area contributed by atoms with Crippen molar-refractivity contribution in [3.8, 4) is 6.07 Å². The van der Waals surface area contributed by atoms with Crippen molar-refractivity contribution in [2.24, 2.45) is 10.9 Å². The number of esters is 1. The highest BCUT2D eigenvalue weighted by atomic mass is 79.9. The second-order valence-electron chi connectivity index (χ2n) is 4.86. The van der Waals surface area contributed by atoms with Gasteiger partial charge in [0.15, 0.2) is 5.57 Å². The summed E-state index contributed by atoms with van der Waals surface area (Å²) in [4.78, 5) is 15.9. The molecule has 0 aromatic heterocycles. The second-order valence-corrected chi connectivity index (χ2v) is 5.72. The number of rotatable bonds is 3. The number of allylic oxidation sites excluding steroid dienone is 1. The van der Waals surface area contributed by atoms with E-state index in [-0.39, 0.29) is 5.57 Å². The molecule has 1 saturated carbocycles. The standard InChI is InChI=1S/C14H16BrN3O2/c15-12-7-17-9-18-13(12)11(6-16)14(19)20-8-10-4-2-1-3-5-10/h7,9-10H,1-5,8H2,(H,17,18)/b13-11-. The lowest BCUT2D eigenvalue weighted by atomic mass is 9.90. The fourth-order valence-electron chi connectivity index (χ4n) is 2.35. The van der Waals surface area contributed by atoms with E-state index in [1.165, 1.54) is 31.8 Å². The molecule has 0 spiro atoms. The minimum absolute atomic E-state index is 0.0323. The molecule has 1 heterocycles. The van der Waals surface area contributed by atoms with Gasteiger partial charge < -0.3 is 10.1 Å². The molecule has 0 radical (unpaired) electrons. The van der Waals surface area contributed by atoms with Crippen molar-refractivity contribution in [2.45, 2.75) is 32.1 Å². The van der Waals surface area contributed by atoms with Crippen LogP contribution in [0.1, 0.15) is 32.1 Å². The number of carbonyl (C=O) groups is 1.